The van der Waals surface area contributed by atoms with Gasteiger partial charge >= 0.3 is 0 Å². The third kappa shape index (κ3) is 2.20. The number of fused-ring (bicyclic) bond motifs is 1. The van der Waals surface area contributed by atoms with Gasteiger partial charge in [-0.05, 0) is 18.2 Å². The molecular formula is C13H8BrCl2N3. The predicted octanol–water partition coefficient (Wildman–Crippen LogP) is 4.65. The van der Waals surface area contributed by atoms with Crippen LogP contribution in [0.1, 0.15) is 0 Å². The molecule has 0 aliphatic heterocycles. The maximum atomic E-state index is 6.13. The number of hydrogen-bond donors (Lipinski definition) is 1. The molecule has 96 valence electrons. The summed E-state index contributed by atoms with van der Waals surface area (Å²) in [7, 11) is 0. The number of halogens is 3. The molecule has 0 atom stereocenters. The highest BCUT2D eigenvalue weighted by Gasteiger charge is 2.14. The lowest BCUT2D eigenvalue weighted by molar-refractivity contribution is 1.20. The predicted molar refractivity (Wildman–Crippen MR) is 82.8 cm³/mol. The van der Waals surface area contributed by atoms with Gasteiger partial charge in [0.2, 0.25) is 0 Å². The Labute approximate surface area is 128 Å². The van der Waals surface area contributed by atoms with Crippen molar-refractivity contribution in [2.24, 2.45) is 0 Å². The van der Waals surface area contributed by atoms with Crippen LogP contribution in [0.4, 0.5) is 5.82 Å². The van der Waals surface area contributed by atoms with Crippen LogP contribution in [-0.4, -0.2) is 9.38 Å². The lowest BCUT2D eigenvalue weighted by Gasteiger charge is -2.00. The second-order valence-corrected chi connectivity index (χ2v) is 5.81. The second-order valence-electron chi connectivity index (χ2n) is 4.05. The van der Waals surface area contributed by atoms with Crippen molar-refractivity contribution in [3.05, 3.63) is 51.0 Å². The Morgan fingerprint density at radius 2 is 1.84 bits per heavy atom. The highest BCUT2D eigenvalue weighted by atomic mass is 79.9. The number of pyridine rings is 1. The van der Waals surface area contributed by atoms with E-state index in [1.807, 2.05) is 24.3 Å². The van der Waals surface area contributed by atoms with E-state index in [2.05, 4.69) is 20.9 Å². The molecule has 2 aromatic heterocycles. The number of anilines is 1. The summed E-state index contributed by atoms with van der Waals surface area (Å²) in [6, 6.07) is 9.41. The minimum atomic E-state index is 0.475. The molecule has 0 saturated carbocycles. The molecule has 0 spiro atoms. The highest BCUT2D eigenvalue weighted by Crippen LogP contribution is 2.31. The maximum absolute atomic E-state index is 6.13. The van der Waals surface area contributed by atoms with Gasteiger partial charge in [-0.1, -0.05) is 51.3 Å². The van der Waals surface area contributed by atoms with Crippen LogP contribution >= 0.6 is 39.1 Å². The van der Waals surface area contributed by atoms with E-state index in [9.17, 15) is 0 Å². The van der Waals surface area contributed by atoms with E-state index in [0.29, 0.717) is 27.2 Å². The third-order valence-electron chi connectivity index (χ3n) is 2.80. The molecule has 3 nitrogen and oxygen atoms in total. The van der Waals surface area contributed by atoms with Crippen molar-refractivity contribution >= 4 is 50.6 Å². The molecular weight excluding hydrogens is 349 g/mol. The van der Waals surface area contributed by atoms with Gasteiger partial charge < -0.3 is 5.73 Å². The number of benzene rings is 1. The van der Waals surface area contributed by atoms with E-state index in [-0.39, 0.29) is 0 Å². The summed E-state index contributed by atoms with van der Waals surface area (Å²) >= 11 is 15.5. The van der Waals surface area contributed by atoms with Crippen molar-refractivity contribution in [1.29, 1.82) is 0 Å². The summed E-state index contributed by atoms with van der Waals surface area (Å²) in [6.07, 6.45) is 1.70. The fraction of sp³-hybridized carbons (Fsp3) is 0. The van der Waals surface area contributed by atoms with Gasteiger partial charge in [0.25, 0.3) is 0 Å². The van der Waals surface area contributed by atoms with Crippen LogP contribution in [0.15, 0.2) is 41.0 Å². The van der Waals surface area contributed by atoms with E-state index in [1.165, 1.54) is 0 Å². The Morgan fingerprint density at radius 3 is 2.53 bits per heavy atom. The monoisotopic (exact) mass is 355 g/mol. The molecule has 0 saturated heterocycles. The number of aromatic nitrogens is 2. The van der Waals surface area contributed by atoms with Gasteiger partial charge in [-0.15, -0.1) is 0 Å². The topological polar surface area (TPSA) is 43.3 Å². The number of nitrogens with zero attached hydrogens (tertiary/aromatic N) is 2. The Kier molecular flexibility index (Phi) is 3.17. The van der Waals surface area contributed by atoms with Crippen LogP contribution in [0.2, 0.25) is 10.0 Å². The minimum Gasteiger partial charge on any atom is -0.383 e. The molecule has 19 heavy (non-hydrogen) atoms. The van der Waals surface area contributed by atoms with Gasteiger partial charge in [-0.3, -0.25) is 4.40 Å². The quantitative estimate of drug-likeness (QED) is 0.689. The van der Waals surface area contributed by atoms with E-state index in [1.54, 1.807) is 16.7 Å². The average molecular weight is 357 g/mol. The number of hydrogen-bond acceptors (Lipinski definition) is 2. The van der Waals surface area contributed by atoms with Gasteiger partial charge in [0.05, 0.1) is 10.0 Å². The average Bonchev–Trinajstić information content (AvgIpc) is 2.69. The van der Waals surface area contributed by atoms with Crippen molar-refractivity contribution in [3.63, 3.8) is 0 Å². The molecule has 0 bridgehead atoms. The van der Waals surface area contributed by atoms with Crippen molar-refractivity contribution < 1.29 is 0 Å². The first-order valence-corrected chi connectivity index (χ1v) is 6.99. The minimum absolute atomic E-state index is 0.475. The van der Waals surface area contributed by atoms with Crippen LogP contribution < -0.4 is 5.73 Å². The molecule has 0 radical (unpaired) electrons. The Hall–Kier alpha value is -1.23. The molecule has 3 rings (SSSR count). The van der Waals surface area contributed by atoms with E-state index >= 15 is 0 Å². The Balaban J connectivity index is 2.28. The van der Waals surface area contributed by atoms with Crippen LogP contribution in [0.3, 0.4) is 0 Å². The lowest BCUT2D eigenvalue weighted by atomic mass is 10.1. The van der Waals surface area contributed by atoms with Crippen molar-refractivity contribution in [2.45, 2.75) is 0 Å². The molecule has 0 aliphatic carbocycles. The molecule has 0 unspecified atom stereocenters. The number of nitrogen functional groups attached to an aromatic ring is 1. The van der Waals surface area contributed by atoms with E-state index < -0.39 is 0 Å². The summed E-state index contributed by atoms with van der Waals surface area (Å²) in [5.41, 5.74) is 8.34. The van der Waals surface area contributed by atoms with Crippen LogP contribution in [-0.2, 0) is 0 Å². The van der Waals surface area contributed by atoms with Gasteiger partial charge in [-0.25, -0.2) is 4.98 Å². The maximum Gasteiger partial charge on any atom is 0.158 e. The van der Waals surface area contributed by atoms with Crippen molar-refractivity contribution in [2.75, 3.05) is 5.73 Å². The summed E-state index contributed by atoms with van der Waals surface area (Å²) in [4.78, 5) is 4.48. The van der Waals surface area contributed by atoms with E-state index in [4.69, 9.17) is 28.9 Å². The summed E-state index contributed by atoms with van der Waals surface area (Å²) in [5.74, 6) is 0.515. The number of rotatable bonds is 1. The first-order valence-electron chi connectivity index (χ1n) is 5.45. The summed E-state index contributed by atoms with van der Waals surface area (Å²) in [6.45, 7) is 0. The third-order valence-corrected chi connectivity index (χ3v) is 3.81. The molecule has 3 aromatic rings. The molecule has 0 fully saturated rings. The lowest BCUT2D eigenvalue weighted by Crippen LogP contribution is -1.94. The Morgan fingerprint density at radius 1 is 1.16 bits per heavy atom. The molecule has 0 amide bonds. The van der Waals surface area contributed by atoms with Crippen molar-refractivity contribution in [3.8, 4) is 11.3 Å². The SMILES string of the molecule is Nc1c(-c2ccc(Br)cc2)nc2c(Cl)cc(Cl)cn12. The van der Waals surface area contributed by atoms with Gasteiger partial charge in [0.15, 0.2) is 5.65 Å². The summed E-state index contributed by atoms with van der Waals surface area (Å²) < 4.78 is 2.70. The Bertz CT molecular complexity index is 766. The first-order chi connectivity index (χ1) is 9.06. The number of nitrogens with two attached hydrogens (primary N) is 1. The van der Waals surface area contributed by atoms with Crippen LogP contribution in [0.25, 0.3) is 16.9 Å². The number of imidazole rings is 1. The smallest absolute Gasteiger partial charge is 0.158 e. The molecule has 0 aliphatic rings. The normalized spacial score (nSPS) is 11.1. The molecule has 2 N–H and O–H groups in total. The fourth-order valence-corrected chi connectivity index (χ4v) is 2.69. The van der Waals surface area contributed by atoms with E-state index in [0.717, 1.165) is 10.0 Å². The van der Waals surface area contributed by atoms with Gasteiger partial charge in [-0.2, -0.15) is 0 Å². The summed E-state index contributed by atoms with van der Waals surface area (Å²) in [5, 5.41) is 0.992. The fourth-order valence-electron chi connectivity index (χ4n) is 1.91. The molecule has 1 aromatic carbocycles. The van der Waals surface area contributed by atoms with Crippen LogP contribution in [0, 0.1) is 0 Å². The molecule has 6 heteroatoms. The van der Waals surface area contributed by atoms with Gasteiger partial charge in [0, 0.05) is 16.2 Å². The van der Waals surface area contributed by atoms with Crippen LogP contribution in [0.5, 0.6) is 0 Å². The van der Waals surface area contributed by atoms with Gasteiger partial charge in [0.1, 0.15) is 11.5 Å². The second kappa shape index (κ2) is 4.71. The molecule has 2 heterocycles. The zero-order chi connectivity index (χ0) is 13.6. The first kappa shape index (κ1) is 12.8. The largest absolute Gasteiger partial charge is 0.383 e. The zero-order valence-electron chi connectivity index (χ0n) is 9.57. The van der Waals surface area contributed by atoms with Crippen molar-refractivity contribution in [1.82, 2.24) is 9.38 Å². The highest BCUT2D eigenvalue weighted by molar-refractivity contribution is 9.10. The standard InChI is InChI=1S/C13H8BrCl2N3/c14-8-3-1-7(2-4-8)11-12(17)19-6-9(15)5-10(16)13(19)18-11/h1-6H,17H2. The zero-order valence-corrected chi connectivity index (χ0v) is 12.7.